The van der Waals surface area contributed by atoms with Crippen LogP contribution in [0.2, 0.25) is 0 Å². The third kappa shape index (κ3) is 5.14. The monoisotopic (exact) mass is 469 g/mol. The van der Waals surface area contributed by atoms with E-state index in [2.05, 4.69) is 27.1 Å². The van der Waals surface area contributed by atoms with E-state index >= 15 is 0 Å². The molecule has 0 radical (unpaired) electrons. The van der Waals surface area contributed by atoms with Crippen LogP contribution in [0.1, 0.15) is 18.9 Å². The molecule has 0 bridgehead atoms. The number of nitrogens with zero attached hydrogens (tertiary/aromatic N) is 4. The first-order valence-electron chi connectivity index (χ1n) is 9.78. The summed E-state index contributed by atoms with van der Waals surface area (Å²) < 4.78 is 21.9. The zero-order valence-corrected chi connectivity index (χ0v) is 18.8. The lowest BCUT2D eigenvalue weighted by Gasteiger charge is -2.15. The number of amides is 1. The minimum Gasteiger partial charge on any atom is -0.483 e. The van der Waals surface area contributed by atoms with Crippen molar-refractivity contribution in [2.75, 3.05) is 11.1 Å². The minimum absolute atomic E-state index is 0.151. The topological polar surface area (TPSA) is 81.9 Å². The molecule has 0 saturated heterocycles. The van der Waals surface area contributed by atoms with Crippen LogP contribution >= 0.6 is 23.1 Å². The molecule has 1 amide bonds. The number of nitrogens with one attached hydrogen (secondary N) is 1. The number of aromatic nitrogens is 4. The number of thiazole rings is 1. The Labute approximate surface area is 192 Å². The van der Waals surface area contributed by atoms with Gasteiger partial charge in [-0.05, 0) is 43.3 Å². The van der Waals surface area contributed by atoms with Gasteiger partial charge in [0.2, 0.25) is 5.91 Å². The number of carbonyl (C=O) groups is 1. The van der Waals surface area contributed by atoms with Gasteiger partial charge in [0, 0.05) is 6.54 Å². The van der Waals surface area contributed by atoms with Crippen molar-refractivity contribution < 1.29 is 13.9 Å². The molecule has 2 aromatic carbocycles. The number of ether oxygens (including phenoxy) is 1. The second-order valence-electron chi connectivity index (χ2n) is 6.78. The van der Waals surface area contributed by atoms with Crippen molar-refractivity contribution in [2.45, 2.75) is 24.7 Å². The molecule has 7 nitrogen and oxygen atoms in total. The molecular weight excluding hydrogens is 449 g/mol. The highest BCUT2D eigenvalue weighted by Gasteiger charge is 2.20. The van der Waals surface area contributed by atoms with E-state index in [1.54, 1.807) is 18.2 Å². The highest BCUT2D eigenvalue weighted by atomic mass is 32.2. The van der Waals surface area contributed by atoms with Gasteiger partial charge in [0.1, 0.15) is 11.6 Å². The largest absolute Gasteiger partial charge is 0.483 e. The number of fused-ring (bicyclic) bond motifs is 1. The van der Waals surface area contributed by atoms with Crippen molar-refractivity contribution in [3.63, 3.8) is 0 Å². The van der Waals surface area contributed by atoms with Crippen LogP contribution in [0.15, 0.2) is 66.3 Å². The first kappa shape index (κ1) is 22.0. The fourth-order valence-corrected chi connectivity index (χ4v) is 4.63. The van der Waals surface area contributed by atoms with Gasteiger partial charge in [-0.2, -0.15) is 0 Å². The Morgan fingerprint density at radius 1 is 1.28 bits per heavy atom. The Morgan fingerprint density at radius 2 is 2.06 bits per heavy atom. The van der Waals surface area contributed by atoms with Gasteiger partial charge in [-0.25, -0.2) is 9.37 Å². The normalized spacial score (nSPS) is 11.9. The summed E-state index contributed by atoms with van der Waals surface area (Å²) >= 11 is 2.70. The van der Waals surface area contributed by atoms with Crippen LogP contribution in [0.5, 0.6) is 5.75 Å². The minimum atomic E-state index is -0.432. The SMILES string of the molecule is C=CCn1c(SCC(=O)Nc2nc3ccccc3s2)nnc1C(C)Oc1ccc(F)cc1. The van der Waals surface area contributed by atoms with Crippen molar-refractivity contribution in [3.8, 4) is 5.75 Å². The number of hydrogen-bond donors (Lipinski definition) is 1. The molecule has 0 aliphatic rings. The molecule has 0 aliphatic carbocycles. The molecule has 32 heavy (non-hydrogen) atoms. The quantitative estimate of drug-likeness (QED) is 0.272. The Hall–Kier alpha value is -3.24. The second kappa shape index (κ2) is 9.92. The summed E-state index contributed by atoms with van der Waals surface area (Å²) in [4.78, 5) is 16.9. The molecule has 0 fully saturated rings. The third-order valence-corrected chi connectivity index (χ3v) is 6.34. The van der Waals surface area contributed by atoms with E-state index in [9.17, 15) is 9.18 Å². The van der Waals surface area contributed by atoms with E-state index in [1.807, 2.05) is 35.8 Å². The van der Waals surface area contributed by atoms with Gasteiger partial charge in [0.15, 0.2) is 22.2 Å². The van der Waals surface area contributed by atoms with Crippen LogP contribution < -0.4 is 10.1 Å². The molecule has 1 unspecified atom stereocenters. The number of hydrogen-bond acceptors (Lipinski definition) is 7. The third-order valence-electron chi connectivity index (χ3n) is 4.42. The second-order valence-corrected chi connectivity index (χ2v) is 8.75. The van der Waals surface area contributed by atoms with Crippen LogP contribution in [0.4, 0.5) is 9.52 Å². The highest BCUT2D eigenvalue weighted by Crippen LogP contribution is 2.27. The van der Waals surface area contributed by atoms with E-state index in [4.69, 9.17) is 4.74 Å². The van der Waals surface area contributed by atoms with Crippen LogP contribution in [0, 0.1) is 5.82 Å². The van der Waals surface area contributed by atoms with E-state index in [0.29, 0.717) is 28.4 Å². The van der Waals surface area contributed by atoms with Crippen molar-refractivity contribution in [1.82, 2.24) is 19.7 Å². The summed E-state index contributed by atoms with van der Waals surface area (Å²) in [6.45, 7) is 6.08. The summed E-state index contributed by atoms with van der Waals surface area (Å²) in [5, 5.41) is 12.4. The Bertz CT molecular complexity index is 1210. The Kier molecular flexibility index (Phi) is 6.81. The fourth-order valence-electron chi connectivity index (χ4n) is 2.99. The number of thioether (sulfide) groups is 1. The molecule has 0 spiro atoms. The van der Waals surface area contributed by atoms with Gasteiger partial charge in [0.25, 0.3) is 0 Å². The summed E-state index contributed by atoms with van der Waals surface area (Å²) in [6.07, 6.45) is 1.29. The summed E-state index contributed by atoms with van der Waals surface area (Å²) in [5.74, 6) is 0.750. The first-order valence-corrected chi connectivity index (χ1v) is 11.6. The summed E-state index contributed by atoms with van der Waals surface area (Å²) in [7, 11) is 0. The molecule has 4 rings (SSSR count). The average molecular weight is 470 g/mol. The van der Waals surface area contributed by atoms with Gasteiger partial charge in [-0.15, -0.1) is 16.8 Å². The fraction of sp³-hybridized carbons (Fsp3) is 0.182. The predicted octanol–water partition coefficient (Wildman–Crippen LogP) is 5.08. The number of halogens is 1. The number of anilines is 1. The summed E-state index contributed by atoms with van der Waals surface area (Å²) in [5.41, 5.74) is 0.853. The average Bonchev–Trinajstić information content (AvgIpc) is 3.37. The number of para-hydroxylation sites is 1. The lowest BCUT2D eigenvalue weighted by atomic mass is 10.3. The van der Waals surface area contributed by atoms with Gasteiger partial charge < -0.3 is 10.1 Å². The molecule has 1 atom stereocenters. The molecule has 2 heterocycles. The molecule has 4 aromatic rings. The first-order chi connectivity index (χ1) is 15.5. The maximum absolute atomic E-state index is 13.1. The number of rotatable bonds is 9. The van der Waals surface area contributed by atoms with E-state index < -0.39 is 6.10 Å². The van der Waals surface area contributed by atoms with Gasteiger partial charge in [0.05, 0.1) is 16.0 Å². The smallest absolute Gasteiger partial charge is 0.236 e. The standard InChI is InChI=1S/C22H20FN5O2S2/c1-3-12-28-20(14(2)30-16-10-8-15(23)9-11-16)26-27-22(28)31-13-19(29)25-21-24-17-6-4-5-7-18(17)32-21/h3-11,14H,1,12-13H2,2H3,(H,24,25,29). The van der Waals surface area contributed by atoms with Gasteiger partial charge in [-0.1, -0.05) is 41.3 Å². The highest BCUT2D eigenvalue weighted by molar-refractivity contribution is 7.99. The Morgan fingerprint density at radius 3 is 2.81 bits per heavy atom. The molecule has 164 valence electrons. The maximum atomic E-state index is 13.1. The zero-order chi connectivity index (χ0) is 22.5. The number of carbonyl (C=O) groups excluding carboxylic acids is 1. The van der Waals surface area contributed by atoms with Crippen molar-refractivity contribution >= 4 is 44.4 Å². The molecule has 10 heteroatoms. The van der Waals surface area contributed by atoms with E-state index in [-0.39, 0.29) is 17.5 Å². The van der Waals surface area contributed by atoms with Crippen LogP contribution in [0.25, 0.3) is 10.2 Å². The molecular formula is C22H20FN5O2S2. The molecule has 0 aliphatic heterocycles. The lowest BCUT2D eigenvalue weighted by molar-refractivity contribution is -0.113. The number of allylic oxidation sites excluding steroid dienone is 1. The van der Waals surface area contributed by atoms with Crippen LogP contribution in [-0.2, 0) is 11.3 Å². The number of benzene rings is 2. The lowest BCUT2D eigenvalue weighted by Crippen LogP contribution is -2.15. The van der Waals surface area contributed by atoms with E-state index in [1.165, 1.54) is 35.2 Å². The van der Waals surface area contributed by atoms with Crippen molar-refractivity contribution in [2.24, 2.45) is 0 Å². The predicted molar refractivity (Wildman–Crippen MR) is 125 cm³/mol. The summed E-state index contributed by atoms with van der Waals surface area (Å²) in [6, 6.07) is 13.5. The van der Waals surface area contributed by atoms with Crippen molar-refractivity contribution in [3.05, 3.63) is 72.8 Å². The van der Waals surface area contributed by atoms with Crippen molar-refractivity contribution in [1.29, 1.82) is 0 Å². The maximum Gasteiger partial charge on any atom is 0.236 e. The van der Waals surface area contributed by atoms with Crippen LogP contribution in [-0.4, -0.2) is 31.4 Å². The zero-order valence-electron chi connectivity index (χ0n) is 17.2. The van der Waals surface area contributed by atoms with Crippen LogP contribution in [0.3, 0.4) is 0 Å². The molecule has 2 aromatic heterocycles. The van der Waals surface area contributed by atoms with Gasteiger partial charge in [-0.3, -0.25) is 9.36 Å². The Balaban J connectivity index is 1.41. The van der Waals surface area contributed by atoms with E-state index in [0.717, 1.165) is 10.2 Å². The van der Waals surface area contributed by atoms with Gasteiger partial charge >= 0.3 is 0 Å². The molecule has 1 N–H and O–H groups in total. The molecule has 0 saturated carbocycles.